The van der Waals surface area contributed by atoms with Gasteiger partial charge in [0.2, 0.25) is 11.8 Å². The SMILES string of the molecule is CC(=O)N[C@@H](Cc1c[nH]c2ccccc12)C(=O)Nc1c(C)cccc1C. The van der Waals surface area contributed by atoms with Crippen LogP contribution in [0.2, 0.25) is 0 Å². The third-order valence-corrected chi connectivity index (χ3v) is 4.52. The summed E-state index contributed by atoms with van der Waals surface area (Å²) in [5, 5.41) is 6.82. The van der Waals surface area contributed by atoms with Gasteiger partial charge in [-0.25, -0.2) is 0 Å². The molecule has 3 N–H and O–H groups in total. The number of aromatic amines is 1. The van der Waals surface area contributed by atoms with Crippen LogP contribution in [0.25, 0.3) is 10.9 Å². The molecule has 3 rings (SSSR count). The maximum absolute atomic E-state index is 12.9. The highest BCUT2D eigenvalue weighted by atomic mass is 16.2. The highest BCUT2D eigenvalue weighted by Crippen LogP contribution is 2.22. The number of nitrogens with one attached hydrogen (secondary N) is 3. The van der Waals surface area contributed by atoms with Gasteiger partial charge in [-0.2, -0.15) is 0 Å². The van der Waals surface area contributed by atoms with Gasteiger partial charge in [0.1, 0.15) is 6.04 Å². The monoisotopic (exact) mass is 349 g/mol. The van der Waals surface area contributed by atoms with Crippen molar-refractivity contribution < 1.29 is 9.59 Å². The van der Waals surface area contributed by atoms with Crippen molar-refractivity contribution >= 4 is 28.4 Å². The van der Waals surface area contributed by atoms with Crippen molar-refractivity contribution in [2.45, 2.75) is 33.2 Å². The van der Waals surface area contributed by atoms with Gasteiger partial charge in [-0.3, -0.25) is 9.59 Å². The first-order valence-corrected chi connectivity index (χ1v) is 8.65. The van der Waals surface area contributed by atoms with E-state index in [-0.39, 0.29) is 11.8 Å². The maximum Gasteiger partial charge on any atom is 0.247 e. The summed E-state index contributed by atoms with van der Waals surface area (Å²) in [6.45, 7) is 5.33. The molecule has 0 saturated carbocycles. The van der Waals surface area contributed by atoms with E-state index in [0.29, 0.717) is 6.42 Å². The molecule has 26 heavy (non-hydrogen) atoms. The number of H-pyrrole nitrogens is 1. The molecular formula is C21H23N3O2. The van der Waals surface area contributed by atoms with Crippen LogP contribution >= 0.6 is 0 Å². The average molecular weight is 349 g/mol. The molecule has 0 aliphatic rings. The van der Waals surface area contributed by atoms with E-state index in [9.17, 15) is 9.59 Å². The molecule has 0 fully saturated rings. The van der Waals surface area contributed by atoms with Crippen LogP contribution in [-0.2, 0) is 16.0 Å². The minimum Gasteiger partial charge on any atom is -0.361 e. The lowest BCUT2D eigenvalue weighted by Crippen LogP contribution is -2.44. The second-order valence-corrected chi connectivity index (χ2v) is 6.57. The Balaban J connectivity index is 1.85. The average Bonchev–Trinajstić information content (AvgIpc) is 3.00. The molecule has 0 unspecified atom stereocenters. The van der Waals surface area contributed by atoms with Crippen molar-refractivity contribution in [1.82, 2.24) is 10.3 Å². The largest absolute Gasteiger partial charge is 0.361 e. The summed E-state index contributed by atoms with van der Waals surface area (Å²) in [6.07, 6.45) is 2.31. The lowest BCUT2D eigenvalue weighted by molar-refractivity contribution is -0.125. The van der Waals surface area contributed by atoms with Crippen LogP contribution in [0.15, 0.2) is 48.7 Å². The topological polar surface area (TPSA) is 74.0 Å². The number of carbonyl (C=O) groups is 2. The van der Waals surface area contributed by atoms with E-state index in [1.165, 1.54) is 6.92 Å². The molecule has 2 amide bonds. The smallest absolute Gasteiger partial charge is 0.247 e. The number of amides is 2. The molecule has 1 heterocycles. The fourth-order valence-electron chi connectivity index (χ4n) is 3.20. The fraction of sp³-hybridized carbons (Fsp3) is 0.238. The van der Waals surface area contributed by atoms with Gasteiger partial charge in [0, 0.05) is 36.1 Å². The molecule has 0 spiro atoms. The Morgan fingerprint density at radius 1 is 1.04 bits per heavy atom. The molecular weight excluding hydrogens is 326 g/mol. The van der Waals surface area contributed by atoms with Crippen LogP contribution in [-0.4, -0.2) is 22.8 Å². The van der Waals surface area contributed by atoms with Crippen molar-refractivity contribution in [3.8, 4) is 0 Å². The number of hydrogen-bond donors (Lipinski definition) is 3. The quantitative estimate of drug-likeness (QED) is 0.660. The van der Waals surface area contributed by atoms with E-state index >= 15 is 0 Å². The molecule has 134 valence electrons. The Hall–Kier alpha value is -3.08. The van der Waals surface area contributed by atoms with E-state index in [1.807, 2.05) is 62.5 Å². The Labute approximate surface area is 152 Å². The number of aryl methyl sites for hydroxylation is 2. The summed E-state index contributed by atoms with van der Waals surface area (Å²) in [5.41, 5.74) is 4.79. The first-order valence-electron chi connectivity index (χ1n) is 8.65. The number of fused-ring (bicyclic) bond motifs is 1. The summed E-state index contributed by atoms with van der Waals surface area (Å²) < 4.78 is 0. The van der Waals surface area contributed by atoms with E-state index < -0.39 is 6.04 Å². The molecule has 1 aromatic heterocycles. The lowest BCUT2D eigenvalue weighted by Gasteiger charge is -2.19. The normalized spacial score (nSPS) is 12.0. The van der Waals surface area contributed by atoms with Crippen LogP contribution in [0, 0.1) is 13.8 Å². The number of carbonyl (C=O) groups excluding carboxylic acids is 2. The zero-order chi connectivity index (χ0) is 18.7. The fourth-order valence-corrected chi connectivity index (χ4v) is 3.20. The van der Waals surface area contributed by atoms with Crippen molar-refractivity contribution in [3.05, 3.63) is 65.4 Å². The molecule has 5 nitrogen and oxygen atoms in total. The lowest BCUT2D eigenvalue weighted by atomic mass is 10.0. The number of hydrogen-bond acceptors (Lipinski definition) is 2. The molecule has 0 aliphatic heterocycles. The summed E-state index contributed by atoms with van der Waals surface area (Å²) in [6, 6.07) is 13.1. The van der Waals surface area contributed by atoms with Crippen LogP contribution < -0.4 is 10.6 Å². The van der Waals surface area contributed by atoms with Gasteiger partial charge in [-0.15, -0.1) is 0 Å². The van der Waals surface area contributed by atoms with Crippen molar-refractivity contribution in [2.24, 2.45) is 0 Å². The number of benzene rings is 2. The number of aromatic nitrogens is 1. The van der Waals surface area contributed by atoms with Gasteiger partial charge < -0.3 is 15.6 Å². The van der Waals surface area contributed by atoms with Gasteiger partial charge in [-0.05, 0) is 36.6 Å². The molecule has 5 heteroatoms. The number of para-hydroxylation sites is 2. The van der Waals surface area contributed by atoms with E-state index in [2.05, 4.69) is 15.6 Å². The molecule has 0 radical (unpaired) electrons. The van der Waals surface area contributed by atoms with E-state index in [1.54, 1.807) is 0 Å². The molecule has 1 atom stereocenters. The zero-order valence-corrected chi connectivity index (χ0v) is 15.2. The highest BCUT2D eigenvalue weighted by Gasteiger charge is 2.22. The van der Waals surface area contributed by atoms with Crippen LogP contribution in [0.1, 0.15) is 23.6 Å². The standard InChI is InChI=1S/C21H23N3O2/c1-13-7-6-8-14(2)20(13)24-21(26)19(23-15(3)25)11-16-12-22-18-10-5-4-9-17(16)18/h4-10,12,19,22H,11H2,1-3H3,(H,23,25)(H,24,26)/t19-/m0/s1. The number of anilines is 1. The summed E-state index contributed by atoms with van der Waals surface area (Å²) >= 11 is 0. The molecule has 0 bridgehead atoms. The summed E-state index contributed by atoms with van der Waals surface area (Å²) in [7, 11) is 0. The maximum atomic E-state index is 12.9. The molecule has 0 aliphatic carbocycles. The first-order chi connectivity index (χ1) is 12.5. The Morgan fingerprint density at radius 2 is 1.73 bits per heavy atom. The summed E-state index contributed by atoms with van der Waals surface area (Å²) in [4.78, 5) is 27.7. The van der Waals surface area contributed by atoms with Gasteiger partial charge in [0.05, 0.1) is 0 Å². The van der Waals surface area contributed by atoms with Crippen LogP contribution in [0.5, 0.6) is 0 Å². The second-order valence-electron chi connectivity index (χ2n) is 6.57. The highest BCUT2D eigenvalue weighted by molar-refractivity contribution is 5.98. The molecule has 0 saturated heterocycles. The minimum atomic E-state index is -0.647. The van der Waals surface area contributed by atoms with Gasteiger partial charge in [-0.1, -0.05) is 36.4 Å². The van der Waals surface area contributed by atoms with Crippen molar-refractivity contribution in [3.63, 3.8) is 0 Å². The first kappa shape index (κ1) is 17.7. The van der Waals surface area contributed by atoms with Crippen LogP contribution in [0.3, 0.4) is 0 Å². The van der Waals surface area contributed by atoms with Crippen molar-refractivity contribution in [1.29, 1.82) is 0 Å². The predicted octanol–water partition coefficient (Wildman–Crippen LogP) is 3.47. The van der Waals surface area contributed by atoms with E-state index in [0.717, 1.165) is 33.3 Å². The third kappa shape index (κ3) is 3.77. The Morgan fingerprint density at radius 3 is 2.42 bits per heavy atom. The van der Waals surface area contributed by atoms with Crippen molar-refractivity contribution in [2.75, 3.05) is 5.32 Å². The predicted molar refractivity (Wildman–Crippen MR) is 104 cm³/mol. The minimum absolute atomic E-state index is 0.220. The Kier molecular flexibility index (Phi) is 5.07. The van der Waals surface area contributed by atoms with E-state index in [4.69, 9.17) is 0 Å². The summed E-state index contributed by atoms with van der Waals surface area (Å²) in [5.74, 6) is -0.450. The van der Waals surface area contributed by atoms with Gasteiger partial charge in [0.25, 0.3) is 0 Å². The van der Waals surface area contributed by atoms with Gasteiger partial charge >= 0.3 is 0 Å². The Bertz CT molecular complexity index is 939. The molecule has 2 aromatic carbocycles. The van der Waals surface area contributed by atoms with Crippen LogP contribution in [0.4, 0.5) is 5.69 Å². The molecule has 3 aromatic rings. The second kappa shape index (κ2) is 7.44. The third-order valence-electron chi connectivity index (χ3n) is 4.52. The van der Waals surface area contributed by atoms with Gasteiger partial charge in [0.15, 0.2) is 0 Å². The number of rotatable bonds is 5. The zero-order valence-electron chi connectivity index (χ0n) is 15.2.